The lowest BCUT2D eigenvalue weighted by Gasteiger charge is -2.20. The Morgan fingerprint density at radius 3 is 2.33 bits per heavy atom. The molecule has 0 aliphatic heterocycles. The van der Waals surface area contributed by atoms with Crippen molar-refractivity contribution in [2.45, 2.75) is 31.9 Å². The molecule has 0 atom stereocenters. The summed E-state index contributed by atoms with van der Waals surface area (Å²) in [4.78, 5) is 27.9. The number of amides is 2. The maximum Gasteiger partial charge on any atom is 0.447 e. The van der Waals surface area contributed by atoms with Gasteiger partial charge in [-0.3, -0.25) is 4.84 Å². The van der Waals surface area contributed by atoms with Crippen LogP contribution in [0.5, 0.6) is 0 Å². The van der Waals surface area contributed by atoms with E-state index in [9.17, 15) is 9.59 Å². The summed E-state index contributed by atoms with van der Waals surface area (Å²) in [7, 11) is 2.98. The average molecular weight is 337 g/mol. The highest BCUT2D eigenvalue weighted by Crippen LogP contribution is 2.18. The molecule has 2 amide bonds. The van der Waals surface area contributed by atoms with Gasteiger partial charge in [0, 0.05) is 18.8 Å². The second-order valence-corrected chi connectivity index (χ2v) is 7.31. The van der Waals surface area contributed by atoms with Crippen molar-refractivity contribution in [3.05, 3.63) is 0 Å². The fraction of sp³-hybridized carbons (Fsp3) is 0.750. The first-order chi connectivity index (χ1) is 9.73. The molecule has 0 unspecified atom stereocenters. The maximum absolute atomic E-state index is 11.7. The van der Waals surface area contributed by atoms with Gasteiger partial charge in [0.05, 0.1) is 25.0 Å². The molecule has 0 aliphatic rings. The highest BCUT2D eigenvalue weighted by molar-refractivity contribution is 8.00. The predicted octanol–water partition coefficient (Wildman–Crippen LogP) is 3.22. The number of hydrogen-bond acceptors (Lipinski definition) is 7. The molecule has 122 valence electrons. The Labute approximate surface area is 134 Å². The molecule has 0 heterocycles. The number of oxime groups is 1. The van der Waals surface area contributed by atoms with E-state index in [0.717, 1.165) is 22.9 Å². The van der Waals surface area contributed by atoms with E-state index in [1.54, 1.807) is 18.0 Å². The molecule has 0 rings (SSSR count). The van der Waals surface area contributed by atoms with Crippen molar-refractivity contribution in [3.8, 4) is 0 Å². The third-order valence-corrected chi connectivity index (χ3v) is 4.15. The molecule has 0 fully saturated rings. The lowest BCUT2D eigenvalue weighted by atomic mass is 10.2. The van der Waals surface area contributed by atoms with E-state index in [1.165, 1.54) is 18.4 Å². The van der Waals surface area contributed by atoms with E-state index >= 15 is 0 Å². The molecule has 0 saturated carbocycles. The van der Waals surface area contributed by atoms with Gasteiger partial charge in [0.15, 0.2) is 0 Å². The third-order valence-electron chi connectivity index (χ3n) is 2.21. The van der Waals surface area contributed by atoms with Crippen molar-refractivity contribution in [1.29, 1.82) is 0 Å². The Bertz CT molecular complexity index is 378. The van der Waals surface area contributed by atoms with Gasteiger partial charge in [-0.2, -0.15) is 11.8 Å². The number of rotatable bonds is 7. The van der Waals surface area contributed by atoms with E-state index in [-0.39, 0.29) is 4.75 Å². The van der Waals surface area contributed by atoms with Gasteiger partial charge < -0.3 is 4.74 Å². The van der Waals surface area contributed by atoms with Crippen molar-refractivity contribution in [2.75, 3.05) is 27.0 Å². The predicted molar refractivity (Wildman–Crippen MR) is 87.3 cm³/mol. The first kappa shape index (κ1) is 19.9. The molecule has 21 heavy (non-hydrogen) atoms. The van der Waals surface area contributed by atoms with Crippen molar-refractivity contribution < 1.29 is 19.2 Å². The molecule has 7 nitrogen and oxygen atoms in total. The van der Waals surface area contributed by atoms with Crippen LogP contribution in [0.4, 0.5) is 9.59 Å². The molecule has 0 aromatic heterocycles. The molecule has 0 aromatic rings. The third kappa shape index (κ3) is 8.71. The van der Waals surface area contributed by atoms with Gasteiger partial charge in [-0.25, -0.2) is 18.2 Å². The highest BCUT2D eigenvalue weighted by Gasteiger charge is 2.19. The van der Waals surface area contributed by atoms with Crippen molar-refractivity contribution in [2.24, 2.45) is 5.16 Å². The van der Waals surface area contributed by atoms with Crippen LogP contribution in [0.25, 0.3) is 0 Å². The molecular formula is C12H23N3O4S2. The van der Waals surface area contributed by atoms with E-state index in [2.05, 4.69) is 5.16 Å². The van der Waals surface area contributed by atoms with Crippen LogP contribution in [-0.4, -0.2) is 58.7 Å². The van der Waals surface area contributed by atoms with Crippen LogP contribution in [0.1, 0.15) is 27.2 Å². The van der Waals surface area contributed by atoms with E-state index < -0.39 is 12.2 Å². The smallest absolute Gasteiger partial charge is 0.447 e. The molecule has 0 radical (unpaired) electrons. The zero-order chi connectivity index (χ0) is 16.5. The number of nitrogens with zero attached hydrogens (tertiary/aromatic N) is 3. The van der Waals surface area contributed by atoms with E-state index in [1.807, 2.05) is 27.0 Å². The fourth-order valence-electron chi connectivity index (χ4n) is 0.839. The molecule has 0 aromatic carbocycles. The lowest BCUT2D eigenvalue weighted by Crippen LogP contribution is -2.29. The molecule has 0 spiro atoms. The minimum absolute atomic E-state index is 0.216. The monoisotopic (exact) mass is 337 g/mol. The summed E-state index contributed by atoms with van der Waals surface area (Å²) in [6, 6.07) is 0. The van der Waals surface area contributed by atoms with Crippen LogP contribution in [0.2, 0.25) is 0 Å². The molecular weight excluding hydrogens is 314 g/mol. The first-order valence-corrected chi connectivity index (χ1v) is 8.32. The Balaban J connectivity index is 4.24. The maximum atomic E-state index is 11.7. The Morgan fingerprint density at radius 2 is 1.81 bits per heavy atom. The quantitative estimate of drug-likeness (QED) is 0.307. The van der Waals surface area contributed by atoms with Gasteiger partial charge in [0.25, 0.3) is 0 Å². The van der Waals surface area contributed by atoms with Crippen LogP contribution < -0.4 is 0 Å². The summed E-state index contributed by atoms with van der Waals surface area (Å²) in [5.41, 5.74) is 0. The van der Waals surface area contributed by atoms with E-state index in [4.69, 9.17) is 9.57 Å². The van der Waals surface area contributed by atoms with Crippen molar-refractivity contribution >= 4 is 42.3 Å². The summed E-state index contributed by atoms with van der Waals surface area (Å²) in [6.45, 7) is 6.14. The summed E-state index contributed by atoms with van der Waals surface area (Å²) in [6.07, 6.45) is 3.03. The van der Waals surface area contributed by atoms with Gasteiger partial charge in [-0.15, -0.1) is 0 Å². The summed E-state index contributed by atoms with van der Waals surface area (Å²) < 4.78 is 7.06. The number of ether oxygens (including phenoxy) is 1. The minimum atomic E-state index is -0.678. The van der Waals surface area contributed by atoms with Crippen molar-refractivity contribution in [3.63, 3.8) is 0 Å². The second-order valence-electron chi connectivity index (χ2n) is 4.59. The number of carbonyl (C=O) groups excluding carboxylic acids is 2. The lowest BCUT2D eigenvalue weighted by molar-refractivity contribution is 0.128. The van der Waals surface area contributed by atoms with Crippen LogP contribution in [0.3, 0.4) is 0 Å². The fourth-order valence-corrected chi connectivity index (χ4v) is 1.57. The average Bonchev–Trinajstić information content (AvgIpc) is 2.44. The van der Waals surface area contributed by atoms with Gasteiger partial charge >= 0.3 is 12.2 Å². The van der Waals surface area contributed by atoms with E-state index in [0.29, 0.717) is 6.61 Å². The topological polar surface area (TPSA) is 71.4 Å². The molecule has 0 N–H and O–H groups in total. The van der Waals surface area contributed by atoms with Gasteiger partial charge in [0.1, 0.15) is 0 Å². The van der Waals surface area contributed by atoms with Gasteiger partial charge in [0.2, 0.25) is 0 Å². The van der Waals surface area contributed by atoms with Crippen LogP contribution in [-0.2, 0) is 9.57 Å². The summed E-state index contributed by atoms with van der Waals surface area (Å²) in [5.74, 6) is 0. The van der Waals surface area contributed by atoms with Crippen molar-refractivity contribution in [1.82, 2.24) is 8.61 Å². The van der Waals surface area contributed by atoms with Gasteiger partial charge in [-0.05, 0) is 26.5 Å². The normalized spacial score (nSPS) is 11.3. The zero-order valence-corrected chi connectivity index (χ0v) is 14.9. The SMILES string of the molecule is CCCOC(=O)N(C)SN(C)C(=O)ON=CC(C)(C)SC. The van der Waals surface area contributed by atoms with Gasteiger partial charge in [-0.1, -0.05) is 12.1 Å². The zero-order valence-electron chi connectivity index (χ0n) is 13.3. The van der Waals surface area contributed by atoms with Crippen LogP contribution in [0.15, 0.2) is 5.16 Å². The minimum Gasteiger partial charge on any atom is -0.449 e. The Hall–Kier alpha value is -1.09. The first-order valence-electron chi connectivity index (χ1n) is 6.36. The summed E-state index contributed by atoms with van der Waals surface area (Å²) in [5, 5.41) is 3.65. The standard InChI is InChI=1S/C12H23N3O4S2/c1-7-8-18-10(16)14(4)21-15(5)11(17)19-13-9-12(2,3)20-6/h9H,7-8H2,1-6H3. The van der Waals surface area contributed by atoms with Crippen LogP contribution >= 0.6 is 23.9 Å². The number of carbonyl (C=O) groups is 2. The van der Waals surface area contributed by atoms with Crippen LogP contribution in [0, 0.1) is 0 Å². The Kier molecular flexibility index (Phi) is 9.27. The number of hydrogen-bond donors (Lipinski definition) is 0. The number of thioether (sulfide) groups is 1. The largest absolute Gasteiger partial charge is 0.449 e. The molecule has 0 saturated heterocycles. The molecule has 0 aliphatic carbocycles. The Morgan fingerprint density at radius 1 is 1.24 bits per heavy atom. The summed E-state index contributed by atoms with van der Waals surface area (Å²) >= 11 is 2.45. The second kappa shape index (κ2) is 9.78. The molecule has 9 heteroatoms. The highest BCUT2D eigenvalue weighted by atomic mass is 32.2. The molecule has 0 bridgehead atoms.